The van der Waals surface area contributed by atoms with E-state index in [2.05, 4.69) is 10.6 Å². The lowest BCUT2D eigenvalue weighted by Crippen LogP contribution is -2.33. The molecule has 0 radical (unpaired) electrons. The molecule has 0 amide bonds. The number of carbonyl (C=O) groups is 1. The Morgan fingerprint density at radius 3 is 2.44 bits per heavy atom. The number of allylic oxidation sites excluding steroid dienone is 1. The van der Waals surface area contributed by atoms with E-state index < -0.39 is 23.6 Å². The lowest BCUT2D eigenvalue weighted by atomic mass is 9.79. The predicted octanol–water partition coefficient (Wildman–Crippen LogP) is 4.65. The average molecular weight is 340 g/mol. The van der Waals surface area contributed by atoms with Crippen LogP contribution in [0.5, 0.6) is 0 Å². The molecule has 0 saturated heterocycles. The van der Waals surface area contributed by atoms with Crippen LogP contribution in [0, 0.1) is 23.5 Å². The minimum Gasteiger partial charge on any atom is -0.375 e. The number of carbonyl (C=O) groups excluding carboxylic acids is 1. The van der Waals surface area contributed by atoms with Crippen LogP contribution in [-0.2, 0) is 4.79 Å². The van der Waals surface area contributed by atoms with E-state index in [-0.39, 0.29) is 11.7 Å². The first kappa shape index (κ1) is 15.8. The molecule has 2 aromatic carbocycles. The van der Waals surface area contributed by atoms with Crippen molar-refractivity contribution >= 4 is 17.2 Å². The smallest absolute Gasteiger partial charge is 0.144 e. The van der Waals surface area contributed by atoms with E-state index in [1.165, 1.54) is 12.1 Å². The summed E-state index contributed by atoms with van der Waals surface area (Å²) < 4.78 is 27.6. The third-order valence-electron chi connectivity index (χ3n) is 4.76. The molecule has 0 fully saturated rings. The largest absolute Gasteiger partial charge is 0.375 e. The Kier molecular flexibility index (Phi) is 3.79. The first-order valence-electron chi connectivity index (χ1n) is 8.34. The van der Waals surface area contributed by atoms with Gasteiger partial charge in [0, 0.05) is 18.2 Å². The van der Waals surface area contributed by atoms with Crippen molar-refractivity contribution in [3.63, 3.8) is 0 Å². The molecule has 1 heterocycles. The maximum atomic E-state index is 13.8. The fraction of sp³-hybridized carbons (Fsp3) is 0.250. The van der Waals surface area contributed by atoms with Crippen molar-refractivity contribution in [2.45, 2.75) is 19.4 Å². The second-order valence-electron chi connectivity index (χ2n) is 6.74. The van der Waals surface area contributed by atoms with Crippen molar-refractivity contribution in [2.24, 2.45) is 11.8 Å². The monoisotopic (exact) mass is 340 g/mol. The van der Waals surface area contributed by atoms with Crippen LogP contribution in [-0.4, -0.2) is 5.78 Å². The standard InChI is InChI=1S/C20H18F2N2O/c1-11-6-17-19(18(25)7-11)20(12-8-13(21)10-14(22)9-12)24-16-5-3-2-4-15(16)23-17/h2-6,8-11,19-20,23-24H,7H2,1H3/t11-,19+,20+/m1/s1. The van der Waals surface area contributed by atoms with E-state index >= 15 is 0 Å². The summed E-state index contributed by atoms with van der Waals surface area (Å²) in [5, 5.41) is 6.66. The molecule has 0 aromatic heterocycles. The maximum absolute atomic E-state index is 13.8. The third-order valence-corrected chi connectivity index (χ3v) is 4.76. The second kappa shape index (κ2) is 5.99. The number of hydrogen-bond acceptors (Lipinski definition) is 3. The van der Waals surface area contributed by atoms with Crippen LogP contribution in [0.25, 0.3) is 0 Å². The molecule has 2 N–H and O–H groups in total. The van der Waals surface area contributed by atoms with Gasteiger partial charge in [-0.2, -0.15) is 0 Å². The molecule has 4 rings (SSSR count). The van der Waals surface area contributed by atoms with Crippen LogP contribution in [0.2, 0.25) is 0 Å². The van der Waals surface area contributed by atoms with Crippen LogP contribution in [0.3, 0.4) is 0 Å². The van der Waals surface area contributed by atoms with E-state index in [4.69, 9.17) is 0 Å². The van der Waals surface area contributed by atoms with Gasteiger partial charge >= 0.3 is 0 Å². The van der Waals surface area contributed by atoms with E-state index in [9.17, 15) is 13.6 Å². The van der Waals surface area contributed by atoms with Gasteiger partial charge in [-0.1, -0.05) is 25.1 Å². The minimum absolute atomic E-state index is 0.0625. The van der Waals surface area contributed by atoms with E-state index in [1.54, 1.807) is 0 Å². The van der Waals surface area contributed by atoms with Gasteiger partial charge in [0.25, 0.3) is 0 Å². The zero-order chi connectivity index (χ0) is 17.6. The fourth-order valence-corrected chi connectivity index (χ4v) is 3.73. The molecule has 25 heavy (non-hydrogen) atoms. The van der Waals surface area contributed by atoms with Crippen molar-refractivity contribution < 1.29 is 13.6 Å². The lowest BCUT2D eigenvalue weighted by Gasteiger charge is -2.31. The molecule has 3 nitrogen and oxygen atoms in total. The molecule has 1 aliphatic heterocycles. The number of para-hydroxylation sites is 2. The molecule has 1 aliphatic carbocycles. The summed E-state index contributed by atoms with van der Waals surface area (Å²) in [6.07, 6.45) is 2.46. The van der Waals surface area contributed by atoms with E-state index in [0.717, 1.165) is 23.1 Å². The number of halogens is 2. The van der Waals surface area contributed by atoms with Crippen molar-refractivity contribution in [3.8, 4) is 0 Å². The first-order chi connectivity index (χ1) is 12.0. The Morgan fingerprint density at radius 2 is 1.72 bits per heavy atom. The van der Waals surface area contributed by atoms with Crippen molar-refractivity contribution in [1.29, 1.82) is 0 Å². The summed E-state index contributed by atoms with van der Waals surface area (Å²) in [5.41, 5.74) is 2.86. The molecule has 5 heteroatoms. The molecular weight excluding hydrogens is 322 g/mol. The minimum atomic E-state index is -0.649. The number of rotatable bonds is 1. The topological polar surface area (TPSA) is 41.1 Å². The molecule has 0 unspecified atom stereocenters. The lowest BCUT2D eigenvalue weighted by molar-refractivity contribution is -0.123. The number of fused-ring (bicyclic) bond motifs is 2. The van der Waals surface area contributed by atoms with Gasteiger partial charge in [0.05, 0.1) is 23.3 Å². The Morgan fingerprint density at radius 1 is 1.04 bits per heavy atom. The molecule has 0 spiro atoms. The SMILES string of the molecule is C[C@@H]1C=C2Nc3ccccc3N[C@@H](c3cc(F)cc(F)c3)[C@@H]2C(=O)C1. The number of Topliss-reactive ketones (excluding diaryl/α,β-unsaturated/α-hetero) is 1. The fourth-order valence-electron chi connectivity index (χ4n) is 3.73. The molecule has 2 aliphatic rings. The van der Waals surface area contributed by atoms with Crippen molar-refractivity contribution in [1.82, 2.24) is 0 Å². The van der Waals surface area contributed by atoms with Crippen LogP contribution in [0.4, 0.5) is 20.2 Å². The van der Waals surface area contributed by atoms with Gasteiger partial charge in [-0.3, -0.25) is 4.79 Å². The van der Waals surface area contributed by atoms with E-state index in [1.807, 2.05) is 37.3 Å². The summed E-state index contributed by atoms with van der Waals surface area (Å²) in [4.78, 5) is 12.8. The summed E-state index contributed by atoms with van der Waals surface area (Å²) in [7, 11) is 0. The van der Waals surface area contributed by atoms with Crippen molar-refractivity contribution in [2.75, 3.05) is 10.6 Å². The van der Waals surface area contributed by atoms with Crippen LogP contribution in [0.15, 0.2) is 54.2 Å². The summed E-state index contributed by atoms with van der Waals surface area (Å²) in [6.45, 7) is 1.99. The number of anilines is 2. The average Bonchev–Trinajstić information content (AvgIpc) is 2.70. The molecule has 3 atom stereocenters. The Labute approximate surface area is 144 Å². The Balaban J connectivity index is 1.88. The molecule has 0 saturated carbocycles. The van der Waals surface area contributed by atoms with Gasteiger partial charge in [0.1, 0.15) is 17.4 Å². The Hall–Kier alpha value is -2.69. The van der Waals surface area contributed by atoms with Gasteiger partial charge in [-0.25, -0.2) is 8.78 Å². The first-order valence-corrected chi connectivity index (χ1v) is 8.34. The number of hydrogen-bond donors (Lipinski definition) is 2. The highest BCUT2D eigenvalue weighted by Gasteiger charge is 2.38. The van der Waals surface area contributed by atoms with E-state index in [0.29, 0.717) is 12.0 Å². The molecular formula is C20H18F2N2O. The van der Waals surface area contributed by atoms with Crippen molar-refractivity contribution in [3.05, 3.63) is 71.4 Å². The van der Waals surface area contributed by atoms with Gasteiger partial charge < -0.3 is 10.6 Å². The molecule has 0 bridgehead atoms. The van der Waals surface area contributed by atoms with Gasteiger partial charge in [0.2, 0.25) is 0 Å². The molecule has 2 aromatic rings. The quantitative estimate of drug-likeness (QED) is 0.794. The highest BCUT2D eigenvalue weighted by atomic mass is 19.1. The number of benzene rings is 2. The molecule has 128 valence electrons. The highest BCUT2D eigenvalue weighted by Crippen LogP contribution is 2.42. The predicted molar refractivity (Wildman–Crippen MR) is 93.1 cm³/mol. The summed E-state index contributed by atoms with van der Waals surface area (Å²) in [6, 6.07) is 10.5. The van der Waals surface area contributed by atoms with Crippen LogP contribution >= 0.6 is 0 Å². The number of ketones is 1. The Bertz CT molecular complexity index is 857. The third kappa shape index (κ3) is 2.90. The van der Waals surface area contributed by atoms with Gasteiger partial charge in [-0.05, 0) is 35.7 Å². The normalized spacial score (nSPS) is 25.0. The zero-order valence-electron chi connectivity index (χ0n) is 13.7. The van der Waals surface area contributed by atoms with Gasteiger partial charge in [0.15, 0.2) is 0 Å². The summed E-state index contributed by atoms with van der Waals surface area (Å²) >= 11 is 0. The van der Waals surface area contributed by atoms with Crippen LogP contribution < -0.4 is 10.6 Å². The summed E-state index contributed by atoms with van der Waals surface area (Å²) in [5.74, 6) is -1.62. The highest BCUT2D eigenvalue weighted by molar-refractivity contribution is 5.89. The van der Waals surface area contributed by atoms with Gasteiger partial charge in [-0.15, -0.1) is 0 Å². The second-order valence-corrected chi connectivity index (χ2v) is 6.74. The zero-order valence-corrected chi connectivity index (χ0v) is 13.7. The maximum Gasteiger partial charge on any atom is 0.144 e. The van der Waals surface area contributed by atoms with Crippen LogP contribution in [0.1, 0.15) is 24.9 Å². The number of nitrogens with one attached hydrogen (secondary N) is 2.